The van der Waals surface area contributed by atoms with Gasteiger partial charge < -0.3 is 10.4 Å². The van der Waals surface area contributed by atoms with E-state index >= 15 is 0 Å². The van der Waals surface area contributed by atoms with Gasteiger partial charge in [0, 0.05) is 17.3 Å². The largest absolute Gasteiger partial charge is 0.393 e. The topological polar surface area (TPSA) is 78.0 Å². The summed E-state index contributed by atoms with van der Waals surface area (Å²) in [4.78, 5) is 12.5. The van der Waals surface area contributed by atoms with Gasteiger partial charge in [0.25, 0.3) is 0 Å². The molecule has 0 unspecified atom stereocenters. The van der Waals surface area contributed by atoms with Gasteiger partial charge in [-0.25, -0.2) is 0 Å². The van der Waals surface area contributed by atoms with Crippen molar-refractivity contribution in [3.8, 4) is 0 Å². The fraction of sp³-hybridized carbons (Fsp3) is 0.474. The van der Waals surface area contributed by atoms with E-state index in [4.69, 9.17) is 0 Å². The third-order valence-corrected chi connectivity index (χ3v) is 4.98. The number of nitrogens with zero attached hydrogens (tertiary/aromatic N) is 1. The summed E-state index contributed by atoms with van der Waals surface area (Å²) in [5.41, 5.74) is 4.00. The first-order chi connectivity index (χ1) is 11.5. The number of carbonyl (C=O) groups is 1. The number of carbonyl (C=O) groups excluding carboxylic acids is 1. The minimum Gasteiger partial charge on any atom is -0.393 e. The Bertz CT molecular complexity index is 670. The average Bonchev–Trinajstić information content (AvgIpc) is 2.84. The van der Waals surface area contributed by atoms with Crippen LogP contribution < -0.4 is 5.32 Å². The van der Waals surface area contributed by atoms with E-state index in [9.17, 15) is 9.90 Å². The zero-order valence-electron chi connectivity index (χ0n) is 14.2. The molecule has 1 fully saturated rings. The minimum atomic E-state index is -0.219. The lowest BCUT2D eigenvalue weighted by Crippen LogP contribution is -2.48. The second kappa shape index (κ2) is 7.18. The summed E-state index contributed by atoms with van der Waals surface area (Å²) in [6.07, 6.45) is 2.45. The molecular weight excluding hydrogens is 302 g/mol. The van der Waals surface area contributed by atoms with E-state index in [0.717, 1.165) is 36.2 Å². The molecule has 2 aromatic rings. The highest BCUT2D eigenvalue weighted by atomic mass is 16.3. The molecule has 1 aromatic heterocycles. The van der Waals surface area contributed by atoms with Crippen LogP contribution >= 0.6 is 0 Å². The molecular formula is C19H25N3O2. The van der Waals surface area contributed by atoms with Gasteiger partial charge >= 0.3 is 0 Å². The Morgan fingerprint density at radius 1 is 1.33 bits per heavy atom. The van der Waals surface area contributed by atoms with Crippen molar-refractivity contribution in [1.82, 2.24) is 15.5 Å². The van der Waals surface area contributed by atoms with Gasteiger partial charge in [-0.15, -0.1) is 0 Å². The number of nitrogens with one attached hydrogen (secondary N) is 2. The second-order valence-corrected chi connectivity index (χ2v) is 6.84. The summed E-state index contributed by atoms with van der Waals surface area (Å²) < 4.78 is 0. The molecule has 3 rings (SSSR count). The van der Waals surface area contributed by atoms with Crippen molar-refractivity contribution in [2.24, 2.45) is 5.92 Å². The van der Waals surface area contributed by atoms with Gasteiger partial charge in [0.15, 0.2) is 0 Å². The quantitative estimate of drug-likeness (QED) is 0.760. The zero-order chi connectivity index (χ0) is 17.1. The molecule has 0 spiro atoms. The van der Waals surface area contributed by atoms with Crippen LogP contribution in [0.2, 0.25) is 0 Å². The van der Waals surface area contributed by atoms with E-state index < -0.39 is 0 Å². The van der Waals surface area contributed by atoms with Gasteiger partial charge in [-0.05, 0) is 44.6 Å². The van der Waals surface area contributed by atoms with Crippen LogP contribution in [0.4, 0.5) is 0 Å². The van der Waals surface area contributed by atoms with E-state index in [1.54, 1.807) is 0 Å². The van der Waals surface area contributed by atoms with Crippen molar-refractivity contribution < 1.29 is 9.90 Å². The first kappa shape index (κ1) is 16.7. The Morgan fingerprint density at radius 2 is 2.04 bits per heavy atom. The predicted molar refractivity (Wildman–Crippen MR) is 92.6 cm³/mol. The molecule has 1 aliphatic rings. The number of rotatable bonds is 6. The van der Waals surface area contributed by atoms with Crippen molar-refractivity contribution in [3.63, 3.8) is 0 Å². The Labute approximate surface area is 142 Å². The molecule has 1 amide bonds. The number of H-pyrrole nitrogens is 1. The fourth-order valence-corrected chi connectivity index (χ4v) is 3.41. The van der Waals surface area contributed by atoms with Crippen molar-refractivity contribution in [2.45, 2.75) is 51.7 Å². The lowest BCUT2D eigenvalue weighted by atomic mass is 9.75. The molecule has 1 heterocycles. The average molecular weight is 327 g/mol. The summed E-state index contributed by atoms with van der Waals surface area (Å²) in [7, 11) is 0. The molecule has 24 heavy (non-hydrogen) atoms. The molecule has 5 heteroatoms. The molecule has 5 nitrogen and oxygen atoms in total. The van der Waals surface area contributed by atoms with Gasteiger partial charge in [0.2, 0.25) is 5.91 Å². The van der Waals surface area contributed by atoms with Crippen LogP contribution in [-0.4, -0.2) is 33.4 Å². The maximum Gasteiger partial charge on any atom is 0.224 e. The van der Waals surface area contributed by atoms with Crippen molar-refractivity contribution in [3.05, 3.63) is 52.8 Å². The molecule has 3 N–H and O–H groups in total. The number of hydrogen-bond donors (Lipinski definition) is 3. The molecule has 1 saturated carbocycles. The van der Waals surface area contributed by atoms with Crippen LogP contribution in [-0.2, 0) is 17.6 Å². The van der Waals surface area contributed by atoms with Crippen LogP contribution in [0.3, 0.4) is 0 Å². The Hall–Kier alpha value is -2.14. The fourth-order valence-electron chi connectivity index (χ4n) is 3.41. The molecule has 0 radical (unpaired) electrons. The molecule has 1 atom stereocenters. The smallest absolute Gasteiger partial charge is 0.224 e. The highest BCUT2D eigenvalue weighted by Crippen LogP contribution is 2.31. The third-order valence-electron chi connectivity index (χ3n) is 4.98. The van der Waals surface area contributed by atoms with E-state index in [2.05, 4.69) is 27.6 Å². The number of aromatic amines is 1. The van der Waals surface area contributed by atoms with Crippen molar-refractivity contribution in [1.29, 1.82) is 0 Å². The first-order valence-corrected chi connectivity index (χ1v) is 8.54. The second-order valence-electron chi connectivity index (χ2n) is 6.84. The molecule has 0 saturated heterocycles. The third kappa shape index (κ3) is 3.85. The number of amides is 1. The van der Waals surface area contributed by atoms with Crippen LogP contribution in [0.15, 0.2) is 30.3 Å². The summed E-state index contributed by atoms with van der Waals surface area (Å²) >= 11 is 0. The van der Waals surface area contributed by atoms with E-state index in [0.29, 0.717) is 12.3 Å². The minimum absolute atomic E-state index is 0.0184. The lowest BCUT2D eigenvalue weighted by Gasteiger charge is -2.38. The monoisotopic (exact) mass is 327 g/mol. The summed E-state index contributed by atoms with van der Waals surface area (Å²) in [6.45, 7) is 3.85. The Balaban J connectivity index is 1.66. The highest BCUT2D eigenvalue weighted by molar-refractivity contribution is 5.79. The van der Waals surface area contributed by atoms with Crippen LogP contribution in [0.25, 0.3) is 0 Å². The number of aliphatic hydroxyl groups is 1. The van der Waals surface area contributed by atoms with Gasteiger partial charge in [-0.1, -0.05) is 30.3 Å². The van der Waals surface area contributed by atoms with Crippen LogP contribution in [0.5, 0.6) is 0 Å². The zero-order valence-corrected chi connectivity index (χ0v) is 14.2. The standard InChI is InChI=1S/C19H25N3O2/c1-12-17(13(2)22-21-12)11-19(24)20-18(15-9-16(23)10-15)8-14-6-4-3-5-7-14/h3-7,15-16,18,23H,8-11H2,1-2H3,(H,20,24)(H,21,22)/t15?,16?,18-/m0/s1. The SMILES string of the molecule is Cc1n[nH]c(C)c1CC(=O)N[C@@H](Cc1ccccc1)C1CC(O)C1. The molecule has 1 aliphatic carbocycles. The maximum absolute atomic E-state index is 12.5. The van der Waals surface area contributed by atoms with Gasteiger partial charge in [0.05, 0.1) is 18.2 Å². The van der Waals surface area contributed by atoms with Crippen molar-refractivity contribution in [2.75, 3.05) is 0 Å². The Kier molecular flexibility index (Phi) is 5.00. The van der Waals surface area contributed by atoms with Gasteiger partial charge in [0.1, 0.15) is 0 Å². The number of hydrogen-bond acceptors (Lipinski definition) is 3. The molecule has 0 bridgehead atoms. The van der Waals surface area contributed by atoms with E-state index in [-0.39, 0.29) is 18.1 Å². The molecule has 0 aliphatic heterocycles. The molecule has 128 valence electrons. The predicted octanol–water partition coefficient (Wildman–Crippen LogP) is 2.07. The summed E-state index contributed by atoms with van der Waals surface area (Å²) in [5, 5.41) is 19.9. The van der Waals surface area contributed by atoms with Crippen LogP contribution in [0.1, 0.15) is 35.4 Å². The Morgan fingerprint density at radius 3 is 2.62 bits per heavy atom. The normalized spacial score (nSPS) is 21.1. The number of aryl methyl sites for hydroxylation is 2. The van der Waals surface area contributed by atoms with E-state index in [1.807, 2.05) is 32.0 Å². The van der Waals surface area contributed by atoms with E-state index in [1.165, 1.54) is 5.56 Å². The van der Waals surface area contributed by atoms with Crippen molar-refractivity contribution >= 4 is 5.91 Å². The highest BCUT2D eigenvalue weighted by Gasteiger charge is 2.34. The number of benzene rings is 1. The summed E-state index contributed by atoms with van der Waals surface area (Å²) in [6, 6.07) is 10.3. The first-order valence-electron chi connectivity index (χ1n) is 8.54. The summed E-state index contributed by atoms with van der Waals surface area (Å²) in [5.74, 6) is 0.362. The number of aromatic nitrogens is 2. The maximum atomic E-state index is 12.5. The number of aliphatic hydroxyl groups excluding tert-OH is 1. The van der Waals surface area contributed by atoms with Gasteiger partial charge in [-0.3, -0.25) is 9.89 Å². The molecule has 1 aromatic carbocycles. The lowest BCUT2D eigenvalue weighted by molar-refractivity contribution is -0.122. The van der Waals surface area contributed by atoms with Gasteiger partial charge in [-0.2, -0.15) is 5.10 Å². The van der Waals surface area contributed by atoms with Crippen LogP contribution in [0, 0.1) is 19.8 Å².